The molecule has 1 aliphatic rings. The maximum Gasteiger partial charge on any atom is 0.259 e. The van der Waals surface area contributed by atoms with Gasteiger partial charge in [-0.05, 0) is 32.0 Å². The van der Waals surface area contributed by atoms with Crippen LogP contribution in [0.5, 0.6) is 0 Å². The van der Waals surface area contributed by atoms with E-state index < -0.39 is 23.1 Å². The summed E-state index contributed by atoms with van der Waals surface area (Å²) in [4.78, 5) is 13.7. The molecule has 1 atom stereocenters. The standard InChI is InChI=1S/C13H15BrF2N2O.ClH/c1-17-9-3-2-4-18(7-9)13(19)12-10(15)5-8(14)6-11(12)16;/h5-6,9,17H,2-4,7H2,1H3;1H. The van der Waals surface area contributed by atoms with E-state index in [1.165, 1.54) is 4.90 Å². The predicted molar refractivity (Wildman–Crippen MR) is 79.3 cm³/mol. The fourth-order valence-electron chi connectivity index (χ4n) is 2.30. The van der Waals surface area contributed by atoms with E-state index in [0.717, 1.165) is 25.0 Å². The summed E-state index contributed by atoms with van der Waals surface area (Å²) < 4.78 is 27.8. The van der Waals surface area contributed by atoms with Crippen molar-refractivity contribution >= 4 is 34.2 Å². The van der Waals surface area contributed by atoms with Crippen LogP contribution in [-0.4, -0.2) is 37.0 Å². The highest BCUT2D eigenvalue weighted by Gasteiger charge is 2.27. The number of likely N-dealkylation sites (N-methyl/N-ethyl adjacent to an activating group) is 1. The lowest BCUT2D eigenvalue weighted by Crippen LogP contribution is -2.47. The third kappa shape index (κ3) is 3.68. The number of hydrogen-bond donors (Lipinski definition) is 1. The summed E-state index contributed by atoms with van der Waals surface area (Å²) in [5.41, 5.74) is -0.472. The third-order valence-electron chi connectivity index (χ3n) is 3.34. The Morgan fingerprint density at radius 2 is 2.00 bits per heavy atom. The van der Waals surface area contributed by atoms with E-state index in [0.29, 0.717) is 13.1 Å². The lowest BCUT2D eigenvalue weighted by molar-refractivity contribution is 0.0688. The van der Waals surface area contributed by atoms with Gasteiger partial charge in [0.2, 0.25) is 0 Å². The summed E-state index contributed by atoms with van der Waals surface area (Å²) >= 11 is 3.00. The molecular weight excluding hydrogens is 354 g/mol. The molecule has 112 valence electrons. The van der Waals surface area contributed by atoms with Crippen molar-refractivity contribution in [3.8, 4) is 0 Å². The molecule has 20 heavy (non-hydrogen) atoms. The fraction of sp³-hybridized carbons (Fsp3) is 0.462. The van der Waals surface area contributed by atoms with Crippen LogP contribution in [0.25, 0.3) is 0 Å². The Balaban J connectivity index is 0.00000200. The monoisotopic (exact) mass is 368 g/mol. The quantitative estimate of drug-likeness (QED) is 0.869. The molecule has 1 amide bonds. The number of hydrogen-bond acceptors (Lipinski definition) is 2. The second-order valence-electron chi connectivity index (χ2n) is 4.62. The molecule has 0 bridgehead atoms. The number of nitrogens with one attached hydrogen (secondary N) is 1. The maximum atomic E-state index is 13.8. The fourth-order valence-corrected chi connectivity index (χ4v) is 2.70. The smallest absolute Gasteiger partial charge is 0.259 e. The van der Waals surface area contributed by atoms with E-state index in [4.69, 9.17) is 0 Å². The number of nitrogens with zero attached hydrogens (tertiary/aromatic N) is 1. The Hall–Kier alpha value is -0.720. The lowest BCUT2D eigenvalue weighted by atomic mass is 10.0. The minimum absolute atomic E-state index is 0. The van der Waals surface area contributed by atoms with Gasteiger partial charge in [-0.15, -0.1) is 12.4 Å². The molecule has 0 spiro atoms. The normalized spacial score (nSPS) is 18.6. The minimum Gasteiger partial charge on any atom is -0.337 e. The molecular formula is C13H16BrClF2N2O. The third-order valence-corrected chi connectivity index (χ3v) is 3.80. The molecule has 1 aromatic rings. The van der Waals surface area contributed by atoms with Gasteiger partial charge in [-0.3, -0.25) is 4.79 Å². The number of carbonyl (C=O) groups is 1. The van der Waals surface area contributed by atoms with Crippen LogP contribution in [-0.2, 0) is 0 Å². The van der Waals surface area contributed by atoms with E-state index in [1.54, 1.807) is 0 Å². The van der Waals surface area contributed by atoms with Crippen molar-refractivity contribution in [3.63, 3.8) is 0 Å². The van der Waals surface area contributed by atoms with Gasteiger partial charge < -0.3 is 10.2 Å². The van der Waals surface area contributed by atoms with Crippen molar-refractivity contribution < 1.29 is 13.6 Å². The van der Waals surface area contributed by atoms with Crippen molar-refractivity contribution in [3.05, 3.63) is 33.8 Å². The van der Waals surface area contributed by atoms with Gasteiger partial charge in [0.15, 0.2) is 0 Å². The Morgan fingerprint density at radius 3 is 2.55 bits per heavy atom. The molecule has 0 saturated carbocycles. The number of amides is 1. The van der Waals surface area contributed by atoms with Crippen LogP contribution >= 0.6 is 28.3 Å². The van der Waals surface area contributed by atoms with Crippen molar-refractivity contribution in [2.45, 2.75) is 18.9 Å². The number of rotatable bonds is 2. The zero-order chi connectivity index (χ0) is 14.0. The molecule has 0 radical (unpaired) electrons. The summed E-state index contributed by atoms with van der Waals surface area (Å²) in [5.74, 6) is -2.24. The van der Waals surface area contributed by atoms with Gasteiger partial charge in [0.25, 0.3) is 5.91 Å². The van der Waals surface area contributed by atoms with Crippen LogP contribution in [0.1, 0.15) is 23.2 Å². The number of likely N-dealkylation sites (tertiary alicyclic amines) is 1. The van der Waals surface area contributed by atoms with Crippen molar-refractivity contribution in [1.82, 2.24) is 10.2 Å². The second kappa shape index (κ2) is 7.33. The molecule has 1 fully saturated rings. The van der Waals surface area contributed by atoms with Crippen LogP contribution in [0.3, 0.4) is 0 Å². The second-order valence-corrected chi connectivity index (χ2v) is 5.54. The van der Waals surface area contributed by atoms with Crippen LogP contribution in [0.4, 0.5) is 8.78 Å². The summed E-state index contributed by atoms with van der Waals surface area (Å²) in [5, 5.41) is 3.09. The van der Waals surface area contributed by atoms with Gasteiger partial charge in [-0.1, -0.05) is 15.9 Å². The molecule has 1 saturated heterocycles. The molecule has 1 aliphatic heterocycles. The Kier molecular flexibility index (Phi) is 6.36. The first kappa shape index (κ1) is 17.3. The van der Waals surface area contributed by atoms with Crippen LogP contribution < -0.4 is 5.32 Å². The van der Waals surface area contributed by atoms with Crippen LogP contribution in [0, 0.1) is 11.6 Å². The minimum atomic E-state index is -0.830. The molecule has 0 aromatic heterocycles. The summed E-state index contributed by atoms with van der Waals surface area (Å²) in [7, 11) is 1.82. The van der Waals surface area contributed by atoms with Crippen molar-refractivity contribution in [2.75, 3.05) is 20.1 Å². The van der Waals surface area contributed by atoms with E-state index in [9.17, 15) is 13.6 Å². The SMILES string of the molecule is CNC1CCCN(C(=O)c2c(F)cc(Br)cc2F)C1.Cl. The number of benzene rings is 1. The highest BCUT2D eigenvalue weighted by Crippen LogP contribution is 2.22. The highest BCUT2D eigenvalue weighted by molar-refractivity contribution is 9.10. The average molecular weight is 370 g/mol. The lowest BCUT2D eigenvalue weighted by Gasteiger charge is -2.32. The van der Waals surface area contributed by atoms with Gasteiger partial charge in [-0.25, -0.2) is 8.78 Å². The number of halogens is 4. The van der Waals surface area contributed by atoms with Gasteiger partial charge >= 0.3 is 0 Å². The molecule has 1 N–H and O–H groups in total. The van der Waals surface area contributed by atoms with E-state index in [1.807, 2.05) is 7.05 Å². The zero-order valence-electron chi connectivity index (χ0n) is 11.0. The molecule has 2 rings (SSSR count). The molecule has 3 nitrogen and oxygen atoms in total. The van der Waals surface area contributed by atoms with Gasteiger partial charge in [-0.2, -0.15) is 0 Å². The van der Waals surface area contributed by atoms with Crippen LogP contribution in [0.2, 0.25) is 0 Å². The van der Waals surface area contributed by atoms with E-state index in [-0.39, 0.29) is 22.9 Å². The predicted octanol–water partition coefficient (Wildman–Crippen LogP) is 2.97. The maximum absolute atomic E-state index is 13.8. The Bertz CT molecular complexity index is 478. The van der Waals surface area contributed by atoms with Crippen molar-refractivity contribution in [1.29, 1.82) is 0 Å². The summed E-state index contributed by atoms with van der Waals surface area (Å²) in [6, 6.07) is 2.39. The highest BCUT2D eigenvalue weighted by atomic mass is 79.9. The first-order chi connectivity index (χ1) is 9.02. The number of piperidine rings is 1. The molecule has 1 unspecified atom stereocenters. The molecule has 7 heteroatoms. The first-order valence-electron chi connectivity index (χ1n) is 6.14. The zero-order valence-corrected chi connectivity index (χ0v) is 13.4. The number of carbonyl (C=O) groups excluding carboxylic acids is 1. The first-order valence-corrected chi connectivity index (χ1v) is 6.93. The van der Waals surface area contributed by atoms with Crippen molar-refractivity contribution in [2.24, 2.45) is 0 Å². The summed E-state index contributed by atoms with van der Waals surface area (Å²) in [6.45, 7) is 1.01. The van der Waals surface area contributed by atoms with Gasteiger partial charge in [0.05, 0.1) is 0 Å². The van der Waals surface area contributed by atoms with E-state index in [2.05, 4.69) is 21.2 Å². The van der Waals surface area contributed by atoms with E-state index >= 15 is 0 Å². The Morgan fingerprint density at radius 1 is 1.40 bits per heavy atom. The topological polar surface area (TPSA) is 32.3 Å². The van der Waals surface area contributed by atoms with Gasteiger partial charge in [0, 0.05) is 23.6 Å². The van der Waals surface area contributed by atoms with Gasteiger partial charge in [0.1, 0.15) is 17.2 Å². The molecule has 1 aromatic carbocycles. The molecule has 0 aliphatic carbocycles. The summed E-state index contributed by atoms with van der Waals surface area (Å²) in [6.07, 6.45) is 1.79. The largest absolute Gasteiger partial charge is 0.337 e. The Labute approximate surface area is 131 Å². The molecule has 1 heterocycles. The van der Waals surface area contributed by atoms with Crippen LogP contribution in [0.15, 0.2) is 16.6 Å². The average Bonchev–Trinajstić information content (AvgIpc) is 2.37.